The summed E-state index contributed by atoms with van der Waals surface area (Å²) in [5.74, 6) is 3.43. The van der Waals surface area contributed by atoms with E-state index in [2.05, 4.69) is 42.5 Å². The zero-order chi connectivity index (χ0) is 35.6. The number of benzene rings is 2. The van der Waals surface area contributed by atoms with Crippen molar-refractivity contribution in [3.05, 3.63) is 133 Å². The van der Waals surface area contributed by atoms with E-state index >= 15 is 0 Å². The number of ether oxygens (including phenoxy) is 2. The minimum absolute atomic E-state index is 0. The molecule has 0 aliphatic carbocycles. The summed E-state index contributed by atoms with van der Waals surface area (Å²) in [5, 5.41) is 15.1. The van der Waals surface area contributed by atoms with Crippen LogP contribution in [-0.2, 0) is 42.1 Å². The first-order valence-corrected chi connectivity index (χ1v) is 15.8. The Morgan fingerprint density at radius 1 is 0.615 bits per heavy atom. The Hall–Kier alpha value is -4.66. The van der Waals surface area contributed by atoms with Crippen LogP contribution < -0.4 is 39.3 Å². The van der Waals surface area contributed by atoms with E-state index in [0.29, 0.717) is 0 Å². The number of rotatable bonds is 4. The smallest absolute Gasteiger partial charge is 0.124 e. The van der Waals surface area contributed by atoms with Gasteiger partial charge in [-0.3, -0.25) is 0 Å². The second-order valence-electron chi connectivity index (χ2n) is 11.4. The molecular formula is C38H40N10O2Pt2-6. The number of aryl methyl sites for hydroxylation is 4. The summed E-state index contributed by atoms with van der Waals surface area (Å²) < 4.78 is 10.3. The van der Waals surface area contributed by atoms with Gasteiger partial charge in [-0.1, -0.05) is 26.0 Å². The molecule has 0 fully saturated rings. The third-order valence-electron chi connectivity index (χ3n) is 7.42. The van der Waals surface area contributed by atoms with Gasteiger partial charge in [-0.15, -0.1) is 59.2 Å². The summed E-state index contributed by atoms with van der Waals surface area (Å²) in [5.41, 5.74) is 8.05. The Morgan fingerprint density at radius 3 is 1.29 bits per heavy atom. The van der Waals surface area contributed by atoms with Crippen LogP contribution in [0.1, 0.15) is 22.8 Å². The fourth-order valence-corrected chi connectivity index (χ4v) is 5.03. The number of methoxy groups -OCH3 is 2. The zero-order valence-electron chi connectivity index (χ0n) is 30.2. The fourth-order valence-electron chi connectivity index (χ4n) is 5.03. The summed E-state index contributed by atoms with van der Waals surface area (Å²) in [4.78, 5) is 16.9. The van der Waals surface area contributed by atoms with Crippen molar-refractivity contribution in [1.29, 1.82) is 0 Å². The first-order valence-electron chi connectivity index (χ1n) is 15.8. The summed E-state index contributed by atoms with van der Waals surface area (Å²) in [6.45, 7) is 11.7. The second kappa shape index (κ2) is 19.8. The SMILES string of the molecule is COc1c[c-]c(N2[CH-]N(C)c3cccnc32)cc1.COc1c[c-]c(N2[CH-]N(C)c3cccnc32)cc1.Cc1cc(C)[n-]n1.Cc1cc(C)[n-]n1.[Pt].[Pt]. The maximum atomic E-state index is 5.14. The second-order valence-corrected chi connectivity index (χ2v) is 11.4. The van der Waals surface area contributed by atoms with Gasteiger partial charge in [-0.2, -0.15) is 25.5 Å². The van der Waals surface area contributed by atoms with Crippen LogP contribution in [0.15, 0.2) is 85.2 Å². The molecule has 12 nitrogen and oxygen atoms in total. The zero-order valence-corrected chi connectivity index (χ0v) is 34.7. The Labute approximate surface area is 335 Å². The largest absolute Gasteiger partial charge is 0.579 e. The number of hydrogen-bond acceptors (Lipinski definition) is 10. The van der Waals surface area contributed by atoms with E-state index in [0.717, 1.165) is 68.7 Å². The van der Waals surface area contributed by atoms with Gasteiger partial charge in [0.25, 0.3) is 0 Å². The van der Waals surface area contributed by atoms with Gasteiger partial charge in [-0.25, -0.2) is 9.97 Å². The summed E-state index contributed by atoms with van der Waals surface area (Å²) >= 11 is 0. The van der Waals surface area contributed by atoms with Crippen molar-refractivity contribution in [1.82, 2.24) is 30.4 Å². The molecular weight excluding hydrogens is 1020 g/mol. The van der Waals surface area contributed by atoms with Crippen molar-refractivity contribution < 1.29 is 51.6 Å². The van der Waals surface area contributed by atoms with Crippen LogP contribution in [0.4, 0.5) is 34.4 Å². The molecule has 0 N–H and O–H groups in total. The third-order valence-corrected chi connectivity index (χ3v) is 7.42. The number of fused-ring (bicyclic) bond motifs is 2. The Kier molecular flexibility index (Phi) is 15.9. The minimum Gasteiger partial charge on any atom is -0.579 e. The molecule has 280 valence electrons. The van der Waals surface area contributed by atoms with Gasteiger partial charge in [0.1, 0.15) is 11.6 Å². The van der Waals surface area contributed by atoms with E-state index in [1.54, 1.807) is 26.6 Å². The average molecular weight is 1060 g/mol. The summed E-state index contributed by atoms with van der Waals surface area (Å²) in [6.07, 6.45) is 3.59. The van der Waals surface area contributed by atoms with Gasteiger partial charge < -0.3 is 49.5 Å². The summed E-state index contributed by atoms with van der Waals surface area (Å²) in [7, 11) is 7.30. The normalized spacial score (nSPS) is 12.0. The van der Waals surface area contributed by atoms with Crippen LogP contribution >= 0.6 is 0 Å². The van der Waals surface area contributed by atoms with E-state index < -0.39 is 0 Å². The Bertz CT molecular complexity index is 1780. The molecule has 2 aliphatic heterocycles. The summed E-state index contributed by atoms with van der Waals surface area (Å²) in [6, 6.07) is 29.6. The van der Waals surface area contributed by atoms with Crippen molar-refractivity contribution in [3.8, 4) is 11.5 Å². The molecule has 52 heavy (non-hydrogen) atoms. The van der Waals surface area contributed by atoms with Gasteiger partial charge in [0, 0.05) is 88.8 Å². The van der Waals surface area contributed by atoms with Crippen molar-refractivity contribution >= 4 is 34.4 Å². The van der Waals surface area contributed by atoms with Crippen LogP contribution in [0.3, 0.4) is 0 Å². The van der Waals surface area contributed by atoms with Crippen LogP contribution in [0, 0.1) is 53.2 Å². The number of anilines is 6. The number of pyridine rings is 2. The maximum absolute atomic E-state index is 5.14. The third kappa shape index (κ3) is 10.7. The maximum Gasteiger partial charge on any atom is 0.124 e. The van der Waals surface area contributed by atoms with Gasteiger partial charge >= 0.3 is 0 Å². The first-order chi connectivity index (χ1) is 24.2. The van der Waals surface area contributed by atoms with E-state index in [4.69, 9.17) is 9.47 Å². The van der Waals surface area contributed by atoms with E-state index in [-0.39, 0.29) is 42.1 Å². The molecule has 0 spiro atoms. The van der Waals surface area contributed by atoms with Crippen molar-refractivity contribution in [2.75, 3.05) is 47.9 Å². The predicted molar refractivity (Wildman–Crippen MR) is 196 cm³/mol. The minimum atomic E-state index is 0. The van der Waals surface area contributed by atoms with Crippen LogP contribution in [-0.4, -0.2) is 48.5 Å². The predicted octanol–water partition coefficient (Wildman–Crippen LogP) is 6.50. The number of nitrogens with zero attached hydrogens (tertiary/aromatic N) is 10. The molecule has 0 unspecified atom stereocenters. The van der Waals surface area contributed by atoms with Gasteiger partial charge in [-0.05, 0) is 52.2 Å². The average Bonchev–Trinajstić information content (AvgIpc) is 3.91. The molecule has 8 rings (SSSR count). The fraction of sp³-hybridized carbons (Fsp3) is 0.211. The molecule has 0 bridgehead atoms. The molecule has 2 aromatic carbocycles. The van der Waals surface area contributed by atoms with Crippen LogP contribution in [0.25, 0.3) is 0 Å². The van der Waals surface area contributed by atoms with Gasteiger partial charge in [0.15, 0.2) is 0 Å². The Balaban J connectivity index is 0.000000201. The van der Waals surface area contributed by atoms with Crippen LogP contribution in [0.5, 0.6) is 11.5 Å². The topological polar surface area (TPSA) is 111 Å². The molecule has 4 aromatic heterocycles. The molecule has 0 amide bonds. The number of hydrogen-bond donors (Lipinski definition) is 0. The molecule has 0 atom stereocenters. The van der Waals surface area contributed by atoms with E-state index in [1.807, 2.05) is 148 Å². The quantitative estimate of drug-likeness (QED) is 0.180. The van der Waals surface area contributed by atoms with Crippen molar-refractivity contribution in [3.63, 3.8) is 0 Å². The molecule has 0 radical (unpaired) electrons. The molecule has 0 saturated carbocycles. The van der Waals surface area contributed by atoms with Crippen molar-refractivity contribution in [2.24, 2.45) is 0 Å². The van der Waals surface area contributed by atoms with Crippen LogP contribution in [0.2, 0.25) is 0 Å². The molecule has 6 heterocycles. The molecule has 14 heteroatoms. The monoisotopic (exact) mass is 1060 g/mol. The molecule has 0 saturated heterocycles. The molecule has 2 aliphatic rings. The Morgan fingerprint density at radius 2 is 1.02 bits per heavy atom. The van der Waals surface area contributed by atoms with Crippen molar-refractivity contribution in [2.45, 2.75) is 27.7 Å². The van der Waals surface area contributed by atoms with Gasteiger partial charge in [0.05, 0.1) is 14.2 Å². The number of aromatic nitrogens is 6. The standard InChI is InChI=1S/2C14H13N3O.2C5H7N2.2Pt/c2*1-16-10-17(14-13(16)4-3-9-15-14)11-5-7-12(18-2)8-6-11;2*1-4-3-5(2)7-6-4;;/h2*3-5,7-10H,1-2H3;2*3H,1-2H3;;/q2*-2;2*-1;;. The molecule has 6 aromatic rings. The first kappa shape index (κ1) is 41.8. The van der Waals surface area contributed by atoms with E-state index in [9.17, 15) is 0 Å². The van der Waals surface area contributed by atoms with Gasteiger partial charge in [0.2, 0.25) is 0 Å². The van der Waals surface area contributed by atoms with E-state index in [1.165, 1.54) is 0 Å².